The number of carbonyl (C=O) groups excluding carboxylic acids is 1. The van der Waals surface area contributed by atoms with E-state index in [2.05, 4.69) is 5.32 Å². The number of hydrogen-bond acceptors (Lipinski definition) is 2. The van der Waals surface area contributed by atoms with Gasteiger partial charge in [0, 0.05) is 13.1 Å². The Morgan fingerprint density at radius 1 is 1.50 bits per heavy atom. The van der Waals surface area contributed by atoms with Gasteiger partial charge in [0.1, 0.15) is 5.82 Å². The Balaban J connectivity index is 0.00000200. The Bertz CT molecular complexity index is 465. The van der Waals surface area contributed by atoms with Crippen LogP contribution in [0.1, 0.15) is 28.8 Å². The topological polar surface area (TPSA) is 32.3 Å². The molecule has 1 aliphatic rings. The zero-order chi connectivity index (χ0) is 13.8. The molecule has 0 saturated carbocycles. The molecule has 1 aromatic carbocycles. The minimum absolute atomic E-state index is 0. The van der Waals surface area contributed by atoms with Gasteiger partial charge in [-0.1, -0.05) is 12.1 Å². The third-order valence-electron chi connectivity index (χ3n) is 3.72. The van der Waals surface area contributed by atoms with E-state index in [1.165, 1.54) is 0 Å². The van der Waals surface area contributed by atoms with Crippen molar-refractivity contribution in [1.29, 1.82) is 0 Å². The molecule has 3 nitrogen and oxygen atoms in total. The van der Waals surface area contributed by atoms with Crippen LogP contribution in [0.25, 0.3) is 0 Å². The number of halogens is 2. The van der Waals surface area contributed by atoms with Crippen LogP contribution in [-0.4, -0.2) is 37.5 Å². The Hall–Kier alpha value is -1.13. The zero-order valence-corrected chi connectivity index (χ0v) is 12.8. The van der Waals surface area contributed by atoms with Crippen LogP contribution in [0.3, 0.4) is 0 Å². The zero-order valence-electron chi connectivity index (χ0n) is 12.0. The predicted molar refractivity (Wildman–Crippen MR) is 80.9 cm³/mol. The molecule has 112 valence electrons. The van der Waals surface area contributed by atoms with Gasteiger partial charge in [0.15, 0.2) is 0 Å². The molecule has 1 saturated heterocycles. The van der Waals surface area contributed by atoms with Crippen molar-refractivity contribution in [3.8, 4) is 0 Å². The second-order valence-electron chi connectivity index (χ2n) is 5.25. The maximum Gasteiger partial charge on any atom is 0.256 e. The molecule has 0 bridgehead atoms. The molecule has 1 unspecified atom stereocenters. The van der Waals surface area contributed by atoms with Crippen LogP contribution >= 0.6 is 12.4 Å². The second-order valence-corrected chi connectivity index (χ2v) is 5.25. The first-order chi connectivity index (χ1) is 9.13. The van der Waals surface area contributed by atoms with E-state index in [1.807, 2.05) is 7.05 Å². The van der Waals surface area contributed by atoms with Crippen LogP contribution in [0.4, 0.5) is 4.39 Å². The molecule has 1 amide bonds. The van der Waals surface area contributed by atoms with Gasteiger partial charge in [-0.25, -0.2) is 4.39 Å². The molecule has 20 heavy (non-hydrogen) atoms. The molecule has 1 aliphatic heterocycles. The smallest absolute Gasteiger partial charge is 0.256 e. The molecule has 5 heteroatoms. The maximum absolute atomic E-state index is 14.0. The fraction of sp³-hybridized carbons (Fsp3) is 0.533. The number of rotatable bonds is 3. The molecule has 0 radical (unpaired) electrons. The predicted octanol–water partition coefficient (Wildman–Crippen LogP) is 2.63. The normalized spacial score (nSPS) is 18.6. The van der Waals surface area contributed by atoms with Crippen LogP contribution < -0.4 is 5.32 Å². The van der Waals surface area contributed by atoms with Crippen LogP contribution in [0.5, 0.6) is 0 Å². The van der Waals surface area contributed by atoms with E-state index < -0.39 is 0 Å². The van der Waals surface area contributed by atoms with Crippen LogP contribution in [0.2, 0.25) is 0 Å². The van der Waals surface area contributed by atoms with Crippen molar-refractivity contribution < 1.29 is 9.18 Å². The summed E-state index contributed by atoms with van der Waals surface area (Å²) in [5.41, 5.74) is 0.722. The van der Waals surface area contributed by atoms with Gasteiger partial charge in [0.25, 0.3) is 5.91 Å². The van der Waals surface area contributed by atoms with Crippen molar-refractivity contribution in [1.82, 2.24) is 10.2 Å². The van der Waals surface area contributed by atoms with Gasteiger partial charge < -0.3 is 10.2 Å². The lowest BCUT2D eigenvalue weighted by Crippen LogP contribution is -2.42. The van der Waals surface area contributed by atoms with Gasteiger partial charge >= 0.3 is 0 Å². The van der Waals surface area contributed by atoms with E-state index in [0.29, 0.717) is 18.0 Å². The van der Waals surface area contributed by atoms with Crippen molar-refractivity contribution in [2.75, 3.05) is 26.7 Å². The lowest BCUT2D eigenvalue weighted by Gasteiger charge is -2.33. The van der Waals surface area contributed by atoms with E-state index in [-0.39, 0.29) is 29.7 Å². The number of nitrogens with zero attached hydrogens (tertiary/aromatic N) is 1. The van der Waals surface area contributed by atoms with Gasteiger partial charge in [-0.2, -0.15) is 0 Å². The van der Waals surface area contributed by atoms with Crippen molar-refractivity contribution >= 4 is 18.3 Å². The number of aryl methyl sites for hydroxylation is 1. The van der Waals surface area contributed by atoms with Crippen LogP contribution in [-0.2, 0) is 0 Å². The Labute approximate surface area is 125 Å². The first-order valence-corrected chi connectivity index (χ1v) is 6.82. The van der Waals surface area contributed by atoms with Crippen molar-refractivity contribution in [2.24, 2.45) is 5.92 Å². The molecule has 2 rings (SSSR count). The Morgan fingerprint density at radius 2 is 2.25 bits per heavy atom. The summed E-state index contributed by atoms with van der Waals surface area (Å²) in [4.78, 5) is 14.2. The third-order valence-corrected chi connectivity index (χ3v) is 3.72. The lowest BCUT2D eigenvalue weighted by molar-refractivity contribution is 0.0669. The Morgan fingerprint density at radius 3 is 2.95 bits per heavy atom. The summed E-state index contributed by atoms with van der Waals surface area (Å²) in [6.45, 7) is 4.03. The summed E-state index contributed by atoms with van der Waals surface area (Å²) >= 11 is 0. The summed E-state index contributed by atoms with van der Waals surface area (Å²) in [5, 5.41) is 3.15. The number of likely N-dealkylation sites (tertiary alicyclic amines) is 1. The van der Waals surface area contributed by atoms with Gasteiger partial charge in [-0.05, 0) is 50.9 Å². The highest BCUT2D eigenvalue weighted by Gasteiger charge is 2.25. The van der Waals surface area contributed by atoms with Crippen molar-refractivity contribution in [2.45, 2.75) is 19.8 Å². The lowest BCUT2D eigenvalue weighted by atomic mass is 9.97. The molecular weight excluding hydrogens is 279 g/mol. The minimum atomic E-state index is -0.386. The molecule has 1 heterocycles. The fourth-order valence-corrected chi connectivity index (χ4v) is 2.69. The van der Waals surface area contributed by atoms with E-state index in [0.717, 1.165) is 25.9 Å². The first-order valence-electron chi connectivity index (χ1n) is 6.82. The average Bonchev–Trinajstić information content (AvgIpc) is 2.42. The summed E-state index contributed by atoms with van der Waals surface area (Å²) in [6, 6.07) is 5.00. The van der Waals surface area contributed by atoms with Crippen molar-refractivity contribution in [3.63, 3.8) is 0 Å². The molecule has 0 aliphatic carbocycles. The highest BCUT2D eigenvalue weighted by atomic mass is 35.5. The van der Waals surface area contributed by atoms with Crippen LogP contribution in [0, 0.1) is 18.7 Å². The number of hydrogen-bond donors (Lipinski definition) is 1. The van der Waals surface area contributed by atoms with Gasteiger partial charge in [-0.15, -0.1) is 12.4 Å². The van der Waals surface area contributed by atoms with E-state index in [1.54, 1.807) is 30.0 Å². The molecule has 1 N–H and O–H groups in total. The standard InChI is InChI=1S/C15H21FN2O.ClH/c1-11-5-3-7-13(14(11)16)15(19)18-8-4-6-12(10-18)9-17-2;/h3,5,7,12,17H,4,6,8-10H2,1-2H3;1H. The fourth-order valence-electron chi connectivity index (χ4n) is 2.69. The number of amides is 1. The highest BCUT2D eigenvalue weighted by Crippen LogP contribution is 2.20. The van der Waals surface area contributed by atoms with E-state index in [4.69, 9.17) is 0 Å². The molecule has 1 atom stereocenters. The summed E-state index contributed by atoms with van der Waals surface area (Å²) < 4.78 is 14.0. The van der Waals surface area contributed by atoms with Gasteiger partial charge in [-0.3, -0.25) is 4.79 Å². The second kappa shape index (κ2) is 7.60. The third kappa shape index (κ3) is 3.70. The monoisotopic (exact) mass is 300 g/mol. The number of carbonyl (C=O) groups is 1. The molecule has 0 aromatic heterocycles. The molecular formula is C15H22ClFN2O. The molecule has 0 spiro atoms. The van der Waals surface area contributed by atoms with E-state index in [9.17, 15) is 9.18 Å². The van der Waals surface area contributed by atoms with Gasteiger partial charge in [0.05, 0.1) is 5.56 Å². The maximum atomic E-state index is 14.0. The SMILES string of the molecule is CNCC1CCCN(C(=O)c2cccc(C)c2F)C1.Cl. The Kier molecular flexibility index (Phi) is 6.43. The highest BCUT2D eigenvalue weighted by molar-refractivity contribution is 5.94. The molecule has 1 fully saturated rings. The summed E-state index contributed by atoms with van der Waals surface area (Å²) in [6.07, 6.45) is 2.12. The number of piperidine rings is 1. The first kappa shape index (κ1) is 16.9. The largest absolute Gasteiger partial charge is 0.338 e. The van der Waals surface area contributed by atoms with E-state index >= 15 is 0 Å². The summed E-state index contributed by atoms with van der Waals surface area (Å²) in [5.74, 6) is -0.0965. The molecule has 1 aromatic rings. The van der Waals surface area contributed by atoms with Crippen molar-refractivity contribution in [3.05, 3.63) is 35.1 Å². The number of benzene rings is 1. The quantitative estimate of drug-likeness (QED) is 0.931. The van der Waals surface area contributed by atoms with Gasteiger partial charge in [0.2, 0.25) is 0 Å². The summed E-state index contributed by atoms with van der Waals surface area (Å²) in [7, 11) is 1.92. The number of nitrogens with one attached hydrogen (secondary N) is 1. The minimum Gasteiger partial charge on any atom is -0.338 e. The van der Waals surface area contributed by atoms with Crippen LogP contribution in [0.15, 0.2) is 18.2 Å². The average molecular weight is 301 g/mol.